The van der Waals surface area contributed by atoms with E-state index in [1.165, 1.54) is 5.56 Å². The second-order valence-corrected chi connectivity index (χ2v) is 11.5. The van der Waals surface area contributed by atoms with Crippen molar-refractivity contribution < 1.29 is 13.5 Å². The molecule has 1 saturated carbocycles. The lowest BCUT2D eigenvalue weighted by atomic mass is 9.82. The third kappa shape index (κ3) is 3.61. The van der Waals surface area contributed by atoms with Gasteiger partial charge in [0.15, 0.2) is 9.84 Å². The number of β-amino-alcohol motifs (C(OH)–C–C–N with tert-alkyl or cyclic N) is 1. The van der Waals surface area contributed by atoms with Gasteiger partial charge in [0.2, 0.25) is 0 Å². The van der Waals surface area contributed by atoms with Crippen molar-refractivity contribution >= 4 is 31.8 Å². The number of sulfone groups is 1. The number of aliphatic hydroxyl groups is 1. The summed E-state index contributed by atoms with van der Waals surface area (Å²) in [6.07, 6.45) is 9.24. The van der Waals surface area contributed by atoms with E-state index in [1.807, 2.05) is 23.4 Å². The zero-order chi connectivity index (χ0) is 20.9. The Morgan fingerprint density at radius 1 is 1.23 bits per heavy atom. The average Bonchev–Trinajstić information content (AvgIpc) is 3.33. The molecule has 3 aromatic heterocycles. The minimum atomic E-state index is -3.20. The Balaban J connectivity index is 1.33. The molecule has 2 aliphatic rings. The van der Waals surface area contributed by atoms with Gasteiger partial charge in [-0.15, -0.1) is 0 Å². The maximum atomic E-state index is 13.0. The maximum Gasteiger partial charge on any atom is 0.166 e. The molecule has 1 aliphatic carbocycles. The lowest BCUT2D eigenvalue weighted by Crippen LogP contribution is -2.38. The molecule has 160 valence electrons. The molecule has 1 unspecified atom stereocenters. The molecule has 0 aromatic carbocycles. The summed E-state index contributed by atoms with van der Waals surface area (Å²) in [4.78, 5) is 14.0. The third-order valence-electron chi connectivity index (χ3n) is 6.84. The fourth-order valence-corrected chi connectivity index (χ4v) is 7.19. The van der Waals surface area contributed by atoms with E-state index in [-0.39, 0.29) is 11.1 Å². The molecule has 5 rings (SSSR count). The van der Waals surface area contributed by atoms with Crippen LogP contribution in [0.5, 0.6) is 0 Å². The number of H-pyrrole nitrogens is 1. The normalized spacial score (nSPS) is 28.5. The zero-order valence-electron chi connectivity index (χ0n) is 17.2. The average molecular weight is 429 g/mol. The molecule has 0 amide bonds. The second kappa shape index (κ2) is 7.28. The second-order valence-electron chi connectivity index (χ2n) is 9.22. The molecule has 2 N–H and O–H groups in total. The number of fused-ring (bicyclic) bond motifs is 3. The van der Waals surface area contributed by atoms with Crippen LogP contribution >= 0.6 is 0 Å². The molecule has 1 aliphatic heterocycles. The minimum Gasteiger partial charge on any atom is -0.389 e. The summed E-state index contributed by atoms with van der Waals surface area (Å²) in [5, 5.41) is 12.0. The van der Waals surface area contributed by atoms with Crippen molar-refractivity contribution in [3.63, 3.8) is 0 Å². The van der Waals surface area contributed by atoms with E-state index in [4.69, 9.17) is 0 Å². The smallest absolute Gasteiger partial charge is 0.166 e. The Kier molecular flexibility index (Phi) is 4.83. The number of rotatable bonds is 4. The molecule has 2 fully saturated rings. The minimum absolute atomic E-state index is 0.0618. The van der Waals surface area contributed by atoms with Gasteiger partial charge in [-0.2, -0.15) is 0 Å². The fourth-order valence-electron chi connectivity index (χ4n) is 5.26. The topological polar surface area (TPSA) is 99.2 Å². The first-order valence-electron chi connectivity index (χ1n) is 10.7. The summed E-state index contributed by atoms with van der Waals surface area (Å²) in [5.74, 6) is 0.390. The van der Waals surface area contributed by atoms with Crippen LogP contribution in [0.15, 0.2) is 30.7 Å². The van der Waals surface area contributed by atoms with Gasteiger partial charge in [0.1, 0.15) is 11.5 Å². The number of aromatic nitrogens is 3. The molecule has 4 heterocycles. The van der Waals surface area contributed by atoms with Crippen molar-refractivity contribution in [3.8, 4) is 0 Å². The number of pyridine rings is 2. The molecule has 0 radical (unpaired) electrons. The summed E-state index contributed by atoms with van der Waals surface area (Å²) in [7, 11) is -3.20. The van der Waals surface area contributed by atoms with Gasteiger partial charge in [0, 0.05) is 36.3 Å². The van der Waals surface area contributed by atoms with Crippen molar-refractivity contribution in [2.24, 2.45) is 0 Å². The first-order chi connectivity index (χ1) is 14.3. The highest BCUT2D eigenvalue weighted by atomic mass is 32.2. The van der Waals surface area contributed by atoms with Gasteiger partial charge in [0.25, 0.3) is 0 Å². The molecule has 3 aromatic rings. The van der Waals surface area contributed by atoms with E-state index < -0.39 is 15.4 Å². The zero-order valence-corrected chi connectivity index (χ0v) is 18.0. The van der Waals surface area contributed by atoms with Crippen molar-refractivity contribution in [2.75, 3.05) is 19.0 Å². The summed E-state index contributed by atoms with van der Waals surface area (Å²) < 4.78 is 26.0. The number of hydrogen-bond donors (Lipinski definition) is 2. The van der Waals surface area contributed by atoms with Gasteiger partial charge < -0.3 is 10.1 Å². The van der Waals surface area contributed by atoms with E-state index in [2.05, 4.69) is 21.0 Å². The van der Waals surface area contributed by atoms with Crippen LogP contribution in [0, 0.1) is 0 Å². The van der Waals surface area contributed by atoms with Gasteiger partial charge in [0.05, 0.1) is 22.6 Å². The van der Waals surface area contributed by atoms with Gasteiger partial charge in [-0.1, -0.05) is 0 Å². The van der Waals surface area contributed by atoms with E-state index >= 15 is 0 Å². The van der Waals surface area contributed by atoms with Crippen molar-refractivity contribution in [1.82, 2.24) is 19.9 Å². The third-order valence-corrected chi connectivity index (χ3v) is 9.05. The quantitative estimate of drug-likeness (QED) is 0.663. The molecule has 8 heteroatoms. The first kappa shape index (κ1) is 19.9. The molecular weight excluding hydrogens is 400 g/mol. The molecular formula is C22H28N4O3S. The summed E-state index contributed by atoms with van der Waals surface area (Å²) >= 11 is 0. The summed E-state index contributed by atoms with van der Waals surface area (Å²) in [5.41, 5.74) is 2.22. The summed E-state index contributed by atoms with van der Waals surface area (Å²) in [6.45, 7) is 2.86. The number of likely N-dealkylation sites (tertiary alicyclic amines) is 1. The van der Waals surface area contributed by atoms with Crippen LogP contribution in [0.1, 0.15) is 50.5 Å². The van der Waals surface area contributed by atoms with Crippen LogP contribution in [0.4, 0.5) is 0 Å². The molecule has 30 heavy (non-hydrogen) atoms. The number of aromatic amines is 1. The van der Waals surface area contributed by atoms with E-state index in [0.717, 1.165) is 34.8 Å². The standard InChI is InChI=1S/C22H28N4O3S/c1-22(27)8-11-26(13-22)14-30(28,29)16-4-2-15(3-5-16)17-6-9-23-19-12-25-21-18(20(17)19)7-10-24-21/h6-7,9-10,12,15-16,27H,2-5,8,11,13-14H2,1H3,(H,24,25). The van der Waals surface area contributed by atoms with Crippen LogP contribution in [-0.4, -0.2) is 63.2 Å². The van der Waals surface area contributed by atoms with Crippen molar-refractivity contribution in [1.29, 1.82) is 0 Å². The summed E-state index contributed by atoms with van der Waals surface area (Å²) in [6, 6.07) is 4.12. The largest absolute Gasteiger partial charge is 0.389 e. The van der Waals surface area contributed by atoms with E-state index in [9.17, 15) is 13.5 Å². The highest BCUT2D eigenvalue weighted by molar-refractivity contribution is 7.91. The molecule has 7 nitrogen and oxygen atoms in total. The number of nitrogens with one attached hydrogen (secondary N) is 1. The van der Waals surface area contributed by atoms with E-state index in [1.54, 1.807) is 13.1 Å². The molecule has 1 saturated heterocycles. The van der Waals surface area contributed by atoms with Crippen LogP contribution in [-0.2, 0) is 9.84 Å². The van der Waals surface area contributed by atoms with Gasteiger partial charge >= 0.3 is 0 Å². The predicted molar refractivity (Wildman–Crippen MR) is 117 cm³/mol. The lowest BCUT2D eigenvalue weighted by Gasteiger charge is -2.30. The van der Waals surface area contributed by atoms with Crippen LogP contribution in [0.25, 0.3) is 21.9 Å². The maximum absolute atomic E-state index is 13.0. The van der Waals surface area contributed by atoms with Gasteiger partial charge in [-0.25, -0.2) is 13.4 Å². The Hall–Kier alpha value is -2.03. The molecule has 0 spiro atoms. The molecule has 0 bridgehead atoms. The lowest BCUT2D eigenvalue weighted by molar-refractivity contribution is 0.0710. The fraction of sp³-hybridized carbons (Fsp3) is 0.545. The van der Waals surface area contributed by atoms with Gasteiger partial charge in [-0.05, 0) is 62.6 Å². The Morgan fingerprint density at radius 3 is 2.77 bits per heavy atom. The predicted octanol–water partition coefficient (Wildman–Crippen LogP) is 2.97. The van der Waals surface area contributed by atoms with E-state index in [0.29, 0.717) is 38.3 Å². The Morgan fingerprint density at radius 2 is 2.03 bits per heavy atom. The van der Waals surface area contributed by atoms with Crippen LogP contribution in [0.3, 0.4) is 0 Å². The number of nitrogens with zero attached hydrogens (tertiary/aromatic N) is 3. The SMILES string of the molecule is CC1(O)CCN(CS(=O)(=O)C2CCC(c3ccnc4cnc5[nH]ccc5c34)CC2)C1. The Labute approximate surface area is 176 Å². The van der Waals surface area contributed by atoms with Crippen molar-refractivity contribution in [3.05, 3.63) is 36.3 Å². The number of hydrogen-bond acceptors (Lipinski definition) is 6. The van der Waals surface area contributed by atoms with Crippen molar-refractivity contribution in [2.45, 2.75) is 55.8 Å². The monoisotopic (exact) mass is 428 g/mol. The Bertz CT molecular complexity index is 1180. The van der Waals surface area contributed by atoms with Crippen LogP contribution in [0.2, 0.25) is 0 Å². The highest BCUT2D eigenvalue weighted by Crippen LogP contribution is 2.40. The molecule has 1 atom stereocenters. The van der Waals surface area contributed by atoms with Crippen LogP contribution < -0.4 is 0 Å². The highest BCUT2D eigenvalue weighted by Gasteiger charge is 2.37. The van der Waals surface area contributed by atoms with Gasteiger partial charge in [-0.3, -0.25) is 9.88 Å². The first-order valence-corrected chi connectivity index (χ1v) is 12.4.